The number of nitrogens with one attached hydrogen (secondary N) is 3. The third kappa shape index (κ3) is 2.80. The van der Waals surface area contributed by atoms with Crippen molar-refractivity contribution in [3.8, 4) is 0 Å². The van der Waals surface area contributed by atoms with Gasteiger partial charge in [0.2, 0.25) is 0 Å². The molecule has 0 saturated carbocycles. The number of aromatic amines is 1. The van der Waals surface area contributed by atoms with Gasteiger partial charge in [-0.05, 0) is 42.9 Å². The van der Waals surface area contributed by atoms with Crippen molar-refractivity contribution in [3.05, 3.63) is 53.1 Å². The largest absolute Gasteiger partial charge is 0.388 e. The molecule has 3 N–H and O–H groups in total. The van der Waals surface area contributed by atoms with Gasteiger partial charge >= 0.3 is 0 Å². The van der Waals surface area contributed by atoms with Gasteiger partial charge < -0.3 is 20.2 Å². The van der Waals surface area contributed by atoms with Crippen LogP contribution in [0.25, 0.3) is 21.9 Å². The summed E-state index contributed by atoms with van der Waals surface area (Å²) in [5.41, 5.74) is 5.24. The lowest BCUT2D eigenvalue weighted by Crippen LogP contribution is -2.05. The van der Waals surface area contributed by atoms with Gasteiger partial charge in [-0.25, -0.2) is 9.97 Å². The van der Waals surface area contributed by atoms with Crippen LogP contribution in [0.2, 0.25) is 0 Å². The Bertz CT molecular complexity index is 1140. The fourth-order valence-electron chi connectivity index (χ4n) is 3.26. The van der Waals surface area contributed by atoms with Crippen molar-refractivity contribution in [1.82, 2.24) is 19.5 Å². The summed E-state index contributed by atoms with van der Waals surface area (Å²) in [7, 11) is 1.93. The quantitative estimate of drug-likeness (QED) is 0.460. The van der Waals surface area contributed by atoms with Gasteiger partial charge in [0.15, 0.2) is 4.77 Å². The van der Waals surface area contributed by atoms with Gasteiger partial charge in [0, 0.05) is 31.2 Å². The first-order chi connectivity index (χ1) is 12.7. The number of aromatic nitrogens is 4. The number of hydrogen-bond acceptors (Lipinski definition) is 5. The second kappa shape index (κ2) is 6.76. The van der Waals surface area contributed by atoms with E-state index in [1.807, 2.05) is 19.2 Å². The topological polar surface area (TPSA) is 70.6 Å². The van der Waals surface area contributed by atoms with E-state index in [4.69, 9.17) is 12.2 Å². The number of H-pyrrole nitrogens is 1. The molecule has 4 aromatic rings. The molecule has 0 aliphatic rings. The minimum absolute atomic E-state index is 0.674. The molecule has 26 heavy (non-hydrogen) atoms. The van der Waals surface area contributed by atoms with Crippen molar-refractivity contribution in [1.29, 1.82) is 0 Å². The normalized spacial score (nSPS) is 11.2. The predicted octanol–water partition coefficient (Wildman–Crippen LogP) is 4.32. The molecular formula is C19H20N6S. The number of imidazole rings is 1. The van der Waals surface area contributed by atoms with Crippen LogP contribution in [0.5, 0.6) is 0 Å². The first kappa shape index (κ1) is 16.5. The molecule has 2 aromatic heterocycles. The third-order valence-electron chi connectivity index (χ3n) is 4.58. The second-order valence-electron chi connectivity index (χ2n) is 6.04. The lowest BCUT2D eigenvalue weighted by molar-refractivity contribution is 0.774. The molecule has 0 fully saturated rings. The highest BCUT2D eigenvalue weighted by atomic mass is 32.1. The number of aryl methyl sites for hydroxylation is 1. The number of hydrogen-bond donors (Lipinski definition) is 3. The number of anilines is 2. The maximum Gasteiger partial charge on any atom is 0.178 e. The van der Waals surface area contributed by atoms with E-state index in [1.165, 1.54) is 5.56 Å². The Labute approximate surface area is 156 Å². The van der Waals surface area contributed by atoms with E-state index < -0.39 is 0 Å². The van der Waals surface area contributed by atoms with Crippen LogP contribution in [-0.4, -0.2) is 26.6 Å². The molecule has 0 aliphatic carbocycles. The summed E-state index contributed by atoms with van der Waals surface area (Å²) in [6.07, 6.45) is 1.60. The van der Waals surface area contributed by atoms with Gasteiger partial charge in [-0.1, -0.05) is 18.2 Å². The van der Waals surface area contributed by atoms with E-state index in [-0.39, 0.29) is 0 Å². The Morgan fingerprint density at radius 3 is 2.85 bits per heavy atom. The second-order valence-corrected chi connectivity index (χ2v) is 6.43. The first-order valence-electron chi connectivity index (χ1n) is 8.58. The SMILES string of the molecule is CCn1c(=S)[nH]c2cc3c(NCc4ccccc4NC)ncnc3cc21. The van der Waals surface area contributed by atoms with Gasteiger partial charge in [0.05, 0.1) is 16.6 Å². The molecule has 0 radical (unpaired) electrons. The summed E-state index contributed by atoms with van der Waals surface area (Å²) >= 11 is 5.42. The Morgan fingerprint density at radius 1 is 1.19 bits per heavy atom. The molecule has 0 amide bonds. The number of para-hydroxylation sites is 1. The van der Waals surface area contributed by atoms with Crippen LogP contribution in [0.15, 0.2) is 42.7 Å². The fourth-order valence-corrected chi connectivity index (χ4v) is 3.60. The molecular weight excluding hydrogens is 344 g/mol. The van der Waals surface area contributed by atoms with Crippen molar-refractivity contribution in [2.75, 3.05) is 17.7 Å². The van der Waals surface area contributed by atoms with Gasteiger partial charge in [-0.2, -0.15) is 0 Å². The van der Waals surface area contributed by atoms with Crippen molar-refractivity contribution >= 4 is 45.7 Å². The lowest BCUT2D eigenvalue weighted by Gasteiger charge is -2.12. The fraction of sp³-hybridized carbons (Fsp3) is 0.211. The molecule has 7 heteroatoms. The Kier molecular flexibility index (Phi) is 4.30. The molecule has 2 heterocycles. The molecule has 0 saturated heterocycles. The van der Waals surface area contributed by atoms with Crippen LogP contribution in [0.1, 0.15) is 12.5 Å². The Balaban J connectivity index is 1.76. The molecule has 0 unspecified atom stereocenters. The maximum atomic E-state index is 5.42. The van der Waals surface area contributed by atoms with E-state index in [0.717, 1.165) is 44.8 Å². The van der Waals surface area contributed by atoms with Gasteiger partial charge in [0.1, 0.15) is 12.1 Å². The Hall–Kier alpha value is -2.93. The van der Waals surface area contributed by atoms with Gasteiger partial charge in [-0.3, -0.25) is 0 Å². The van der Waals surface area contributed by atoms with E-state index in [9.17, 15) is 0 Å². The van der Waals surface area contributed by atoms with Crippen LogP contribution in [-0.2, 0) is 13.1 Å². The van der Waals surface area contributed by atoms with E-state index in [0.29, 0.717) is 6.54 Å². The molecule has 2 aromatic carbocycles. The van der Waals surface area contributed by atoms with Crippen LogP contribution in [0, 0.1) is 4.77 Å². The molecule has 0 bridgehead atoms. The highest BCUT2D eigenvalue weighted by Gasteiger charge is 2.10. The summed E-state index contributed by atoms with van der Waals surface area (Å²) in [6, 6.07) is 12.3. The van der Waals surface area contributed by atoms with E-state index in [1.54, 1.807) is 6.33 Å². The lowest BCUT2D eigenvalue weighted by atomic mass is 10.1. The van der Waals surface area contributed by atoms with E-state index >= 15 is 0 Å². The highest BCUT2D eigenvalue weighted by Crippen LogP contribution is 2.26. The summed E-state index contributed by atoms with van der Waals surface area (Å²) in [6.45, 7) is 3.58. The summed E-state index contributed by atoms with van der Waals surface area (Å²) in [5.74, 6) is 0.811. The predicted molar refractivity (Wildman–Crippen MR) is 109 cm³/mol. The average Bonchev–Trinajstić information content (AvgIpc) is 2.98. The number of rotatable bonds is 5. The number of fused-ring (bicyclic) bond motifs is 2. The highest BCUT2D eigenvalue weighted by molar-refractivity contribution is 7.71. The molecule has 132 valence electrons. The molecule has 0 atom stereocenters. The average molecular weight is 364 g/mol. The zero-order chi connectivity index (χ0) is 18.1. The van der Waals surface area contributed by atoms with Gasteiger partial charge in [0.25, 0.3) is 0 Å². The first-order valence-corrected chi connectivity index (χ1v) is 8.99. The Morgan fingerprint density at radius 2 is 2.04 bits per heavy atom. The van der Waals surface area contributed by atoms with Crippen LogP contribution < -0.4 is 10.6 Å². The zero-order valence-corrected chi connectivity index (χ0v) is 15.5. The zero-order valence-electron chi connectivity index (χ0n) is 14.7. The van der Waals surface area contributed by atoms with Crippen molar-refractivity contribution in [3.63, 3.8) is 0 Å². The third-order valence-corrected chi connectivity index (χ3v) is 4.90. The van der Waals surface area contributed by atoms with Crippen LogP contribution in [0.4, 0.5) is 11.5 Å². The van der Waals surface area contributed by atoms with Crippen LogP contribution in [0.3, 0.4) is 0 Å². The van der Waals surface area contributed by atoms with Crippen molar-refractivity contribution in [2.24, 2.45) is 0 Å². The summed E-state index contributed by atoms with van der Waals surface area (Å²) < 4.78 is 2.80. The molecule has 4 rings (SSSR count). The summed E-state index contributed by atoms with van der Waals surface area (Å²) in [5, 5.41) is 7.63. The van der Waals surface area contributed by atoms with Crippen LogP contribution >= 0.6 is 12.2 Å². The summed E-state index contributed by atoms with van der Waals surface area (Å²) in [4.78, 5) is 12.2. The smallest absolute Gasteiger partial charge is 0.178 e. The minimum Gasteiger partial charge on any atom is -0.388 e. The minimum atomic E-state index is 0.674. The van der Waals surface area contributed by atoms with Gasteiger partial charge in [-0.15, -0.1) is 0 Å². The standard InChI is InChI=1S/C19H20N6S/c1-3-25-17-9-15-13(8-16(17)24-19(25)26)18(23-11-22-15)21-10-12-6-4-5-7-14(12)20-2/h4-9,11,20H,3,10H2,1-2H3,(H,24,26)(H,21,22,23). The van der Waals surface area contributed by atoms with Crippen molar-refractivity contribution < 1.29 is 0 Å². The molecule has 0 aliphatic heterocycles. The maximum absolute atomic E-state index is 5.42. The number of nitrogens with zero attached hydrogens (tertiary/aromatic N) is 3. The molecule has 0 spiro atoms. The molecule has 6 nitrogen and oxygen atoms in total. The number of benzene rings is 2. The van der Waals surface area contributed by atoms with Crippen molar-refractivity contribution in [2.45, 2.75) is 20.0 Å². The van der Waals surface area contributed by atoms with E-state index in [2.05, 4.69) is 61.3 Å². The monoisotopic (exact) mass is 364 g/mol.